The number of hydrogen-bond acceptors (Lipinski definition) is 7. The lowest BCUT2D eigenvalue weighted by molar-refractivity contribution is -0.128. The van der Waals surface area contributed by atoms with Crippen LogP contribution in [0.25, 0.3) is 32.9 Å². The Kier molecular flexibility index (Phi) is 7.08. The first-order valence-corrected chi connectivity index (χ1v) is 14.6. The molecule has 214 valence electrons. The van der Waals surface area contributed by atoms with Gasteiger partial charge in [-0.25, -0.2) is 4.98 Å². The molecule has 0 spiro atoms. The molecule has 0 aliphatic carbocycles. The van der Waals surface area contributed by atoms with Crippen LogP contribution in [0.2, 0.25) is 10.0 Å². The van der Waals surface area contributed by atoms with Crippen molar-refractivity contribution >= 4 is 62.7 Å². The van der Waals surface area contributed by atoms with E-state index in [0.717, 1.165) is 51.9 Å². The first-order chi connectivity index (χ1) is 19.6. The number of nitrogens with zero attached hydrogens (tertiary/aromatic N) is 7. The molecule has 0 saturated carbocycles. The fraction of sp³-hybridized carbons (Fsp3) is 0.400. The lowest BCUT2D eigenvalue weighted by Crippen LogP contribution is -2.59. The van der Waals surface area contributed by atoms with Crippen molar-refractivity contribution < 1.29 is 4.79 Å². The summed E-state index contributed by atoms with van der Waals surface area (Å²) in [6.07, 6.45) is 3.18. The van der Waals surface area contributed by atoms with Crippen molar-refractivity contribution in [1.82, 2.24) is 30.0 Å². The van der Waals surface area contributed by atoms with Gasteiger partial charge >= 0.3 is 0 Å². The van der Waals surface area contributed by atoms with Crippen molar-refractivity contribution in [2.75, 3.05) is 50.1 Å². The van der Waals surface area contributed by atoms with E-state index in [4.69, 9.17) is 33.2 Å². The highest BCUT2D eigenvalue weighted by atomic mass is 35.5. The smallest absolute Gasteiger partial charge is 0.246 e. The molecule has 2 aromatic heterocycles. The number of amides is 1. The fourth-order valence-electron chi connectivity index (χ4n) is 5.99. The Labute approximate surface area is 249 Å². The molecule has 2 aliphatic rings. The van der Waals surface area contributed by atoms with Crippen molar-refractivity contribution in [1.29, 1.82) is 0 Å². The maximum atomic E-state index is 12.5. The molecule has 2 saturated heterocycles. The predicted octanol–water partition coefficient (Wildman–Crippen LogP) is 5.15. The van der Waals surface area contributed by atoms with Crippen LogP contribution in [0.15, 0.2) is 37.1 Å². The molecule has 4 heterocycles. The standard InChI is InChI=1S/C30H34Cl2N8O/c1-7-23(41)39-12-18(4)40(13-17(39)3)29-21-10-22(31)25(24-16(2)8-9-19-11-33-36-27(19)24)26(32)28(21)34-30(35-29)38-14-20(15-38)37(5)6/h7-11,17-18,20H,1,12-15H2,2-6H3,(H,33,36)/t17-,18+/m1/s1. The molecule has 1 amide bonds. The zero-order chi connectivity index (χ0) is 29.2. The molecule has 2 atom stereocenters. The van der Waals surface area contributed by atoms with Crippen molar-refractivity contribution in [2.24, 2.45) is 0 Å². The molecule has 9 nitrogen and oxygen atoms in total. The average Bonchev–Trinajstić information content (AvgIpc) is 3.38. The number of hydrogen-bond donors (Lipinski definition) is 1. The number of benzene rings is 2. The maximum absolute atomic E-state index is 12.5. The minimum Gasteiger partial charge on any atom is -0.349 e. The quantitative estimate of drug-likeness (QED) is 0.321. The van der Waals surface area contributed by atoms with Crippen LogP contribution in [0.3, 0.4) is 0 Å². The van der Waals surface area contributed by atoms with E-state index in [-0.39, 0.29) is 18.0 Å². The molecule has 0 radical (unpaired) electrons. The van der Waals surface area contributed by atoms with Crippen LogP contribution in [-0.2, 0) is 4.79 Å². The van der Waals surface area contributed by atoms with E-state index in [9.17, 15) is 4.79 Å². The van der Waals surface area contributed by atoms with Gasteiger partial charge in [-0.3, -0.25) is 9.89 Å². The SMILES string of the molecule is C=CC(=O)N1C[C@H](C)N(c2nc(N3CC(N(C)C)C3)nc3c(Cl)c(-c4c(C)ccc5cn[nH]c45)c(Cl)cc23)C[C@H]1C. The van der Waals surface area contributed by atoms with E-state index in [1.54, 1.807) is 6.20 Å². The van der Waals surface area contributed by atoms with E-state index in [2.05, 4.69) is 58.6 Å². The van der Waals surface area contributed by atoms with E-state index < -0.39 is 0 Å². The summed E-state index contributed by atoms with van der Waals surface area (Å²) in [6, 6.07) is 6.42. The predicted molar refractivity (Wildman–Crippen MR) is 167 cm³/mol. The van der Waals surface area contributed by atoms with Gasteiger partial charge in [0.2, 0.25) is 11.9 Å². The largest absolute Gasteiger partial charge is 0.349 e. The molecule has 6 rings (SSSR count). The number of carbonyl (C=O) groups excluding carboxylic acids is 1. The van der Waals surface area contributed by atoms with Crippen LogP contribution in [-0.4, -0.2) is 94.3 Å². The lowest BCUT2D eigenvalue weighted by atomic mass is 9.96. The monoisotopic (exact) mass is 592 g/mol. The Morgan fingerprint density at radius 2 is 1.85 bits per heavy atom. The third-order valence-electron chi connectivity index (χ3n) is 8.52. The fourth-order valence-corrected chi connectivity index (χ4v) is 6.68. The third kappa shape index (κ3) is 4.60. The van der Waals surface area contributed by atoms with Gasteiger partial charge in [-0.05, 0) is 52.6 Å². The van der Waals surface area contributed by atoms with Gasteiger partial charge < -0.3 is 19.6 Å². The third-order valence-corrected chi connectivity index (χ3v) is 9.18. The Bertz CT molecular complexity index is 1680. The van der Waals surface area contributed by atoms with Crippen molar-refractivity contribution in [2.45, 2.75) is 38.9 Å². The molecular formula is C30H34Cl2N8O. The van der Waals surface area contributed by atoms with Gasteiger partial charge in [0.15, 0.2) is 0 Å². The summed E-state index contributed by atoms with van der Waals surface area (Å²) < 4.78 is 0. The van der Waals surface area contributed by atoms with Crippen molar-refractivity contribution in [3.05, 3.63) is 52.7 Å². The van der Waals surface area contributed by atoms with Crippen LogP contribution in [0.5, 0.6) is 0 Å². The van der Waals surface area contributed by atoms with Gasteiger partial charge in [-0.2, -0.15) is 10.1 Å². The van der Waals surface area contributed by atoms with Gasteiger partial charge in [0.1, 0.15) is 5.82 Å². The van der Waals surface area contributed by atoms with E-state index in [0.29, 0.717) is 40.6 Å². The number of piperazine rings is 1. The van der Waals surface area contributed by atoms with Crippen molar-refractivity contribution in [3.8, 4) is 11.1 Å². The summed E-state index contributed by atoms with van der Waals surface area (Å²) in [7, 11) is 4.18. The summed E-state index contributed by atoms with van der Waals surface area (Å²) in [4.78, 5) is 31.2. The molecule has 4 aromatic rings. The number of rotatable bonds is 5. The zero-order valence-electron chi connectivity index (χ0n) is 23.9. The van der Waals surface area contributed by atoms with Gasteiger partial charge in [0, 0.05) is 66.2 Å². The number of nitrogens with one attached hydrogen (secondary N) is 1. The molecule has 11 heteroatoms. The first-order valence-electron chi connectivity index (χ1n) is 13.8. The van der Waals surface area contributed by atoms with Crippen LogP contribution in [0.4, 0.5) is 11.8 Å². The van der Waals surface area contributed by atoms with Gasteiger partial charge in [-0.15, -0.1) is 0 Å². The number of carbonyl (C=O) groups is 1. The van der Waals surface area contributed by atoms with Gasteiger partial charge in [0.05, 0.1) is 27.3 Å². The van der Waals surface area contributed by atoms with Crippen LogP contribution < -0.4 is 9.80 Å². The summed E-state index contributed by atoms with van der Waals surface area (Å²) in [5.41, 5.74) is 4.20. The summed E-state index contributed by atoms with van der Waals surface area (Å²) in [6.45, 7) is 12.7. The highest BCUT2D eigenvalue weighted by molar-refractivity contribution is 6.43. The second-order valence-corrected chi connectivity index (χ2v) is 12.2. The van der Waals surface area contributed by atoms with Gasteiger partial charge in [-0.1, -0.05) is 41.9 Å². The number of fused-ring (bicyclic) bond motifs is 2. The maximum Gasteiger partial charge on any atom is 0.246 e. The topological polar surface area (TPSA) is 84.5 Å². The number of halogens is 2. The Hall–Kier alpha value is -3.40. The molecule has 1 N–H and O–H groups in total. The summed E-state index contributed by atoms with van der Waals surface area (Å²) in [5, 5.41) is 10.1. The molecular weight excluding hydrogens is 559 g/mol. The minimum atomic E-state index is -0.0633. The molecule has 0 unspecified atom stereocenters. The number of aromatic amines is 1. The molecule has 2 aliphatic heterocycles. The Morgan fingerprint density at radius 3 is 2.56 bits per heavy atom. The molecule has 2 aromatic carbocycles. The number of anilines is 2. The molecule has 2 fully saturated rings. The second kappa shape index (κ2) is 10.5. The van der Waals surface area contributed by atoms with Crippen LogP contribution >= 0.6 is 23.2 Å². The Balaban J connectivity index is 1.54. The molecule has 41 heavy (non-hydrogen) atoms. The molecule has 0 bridgehead atoms. The average molecular weight is 594 g/mol. The Morgan fingerprint density at radius 1 is 1.10 bits per heavy atom. The first kappa shape index (κ1) is 27.8. The summed E-state index contributed by atoms with van der Waals surface area (Å²) in [5.74, 6) is 1.35. The zero-order valence-corrected chi connectivity index (χ0v) is 25.5. The minimum absolute atomic E-state index is 0.00479. The lowest BCUT2D eigenvalue weighted by Gasteiger charge is -2.45. The highest BCUT2D eigenvalue weighted by Gasteiger charge is 2.36. The normalized spacial score (nSPS) is 19.9. The van der Waals surface area contributed by atoms with Crippen LogP contribution in [0.1, 0.15) is 19.4 Å². The number of aryl methyl sites for hydroxylation is 1. The number of likely N-dealkylation sites (N-methyl/N-ethyl adjacent to an activating group) is 1. The van der Waals surface area contributed by atoms with E-state index in [1.165, 1.54) is 6.08 Å². The number of H-pyrrole nitrogens is 1. The number of aromatic nitrogens is 4. The van der Waals surface area contributed by atoms with E-state index in [1.807, 2.05) is 30.9 Å². The van der Waals surface area contributed by atoms with E-state index >= 15 is 0 Å². The van der Waals surface area contributed by atoms with Crippen molar-refractivity contribution in [3.63, 3.8) is 0 Å². The second-order valence-electron chi connectivity index (χ2n) is 11.4. The van der Waals surface area contributed by atoms with Gasteiger partial charge in [0.25, 0.3) is 0 Å². The highest BCUT2D eigenvalue weighted by Crippen LogP contribution is 2.45. The summed E-state index contributed by atoms with van der Waals surface area (Å²) >= 11 is 14.3. The van der Waals surface area contributed by atoms with Crippen LogP contribution in [0, 0.1) is 6.92 Å².